The highest BCUT2D eigenvalue weighted by atomic mass is 16.6. The Labute approximate surface area is 133 Å². The Morgan fingerprint density at radius 2 is 2.00 bits per heavy atom. The molecule has 0 saturated carbocycles. The van der Waals surface area contributed by atoms with Gasteiger partial charge in [0.2, 0.25) is 11.8 Å². The largest absolute Gasteiger partial charge is 0.454 e. The Bertz CT molecular complexity index is 775. The molecular formula is C14H20N6O3. The molecular weight excluding hydrogens is 300 g/mol. The number of nitrogens with zero attached hydrogens (tertiary/aromatic N) is 4. The van der Waals surface area contributed by atoms with Crippen molar-refractivity contribution in [2.75, 3.05) is 18.1 Å². The lowest BCUT2D eigenvalue weighted by atomic mass is 10.2. The van der Waals surface area contributed by atoms with Crippen molar-refractivity contribution in [3.8, 4) is 0 Å². The number of rotatable bonds is 3. The van der Waals surface area contributed by atoms with E-state index in [1.165, 1.54) is 0 Å². The van der Waals surface area contributed by atoms with Crippen molar-refractivity contribution >= 4 is 28.9 Å². The van der Waals surface area contributed by atoms with E-state index in [1.807, 2.05) is 6.92 Å². The second-order valence-corrected chi connectivity index (χ2v) is 6.56. The summed E-state index contributed by atoms with van der Waals surface area (Å²) < 4.78 is 12.4. The number of esters is 1. The maximum Gasteiger partial charge on any atom is 0.375 e. The molecule has 1 aliphatic rings. The Hall–Kier alpha value is -2.42. The molecule has 0 radical (unpaired) electrons. The fourth-order valence-electron chi connectivity index (χ4n) is 2.37. The lowest BCUT2D eigenvalue weighted by Gasteiger charge is -2.20. The Balaban J connectivity index is 2.17. The van der Waals surface area contributed by atoms with E-state index < -0.39 is 11.6 Å². The summed E-state index contributed by atoms with van der Waals surface area (Å²) >= 11 is 0. The topological polar surface area (TPSA) is 134 Å². The van der Waals surface area contributed by atoms with Gasteiger partial charge in [-0.25, -0.2) is 9.78 Å². The number of imidazole rings is 1. The Kier molecular flexibility index (Phi) is 3.40. The van der Waals surface area contributed by atoms with Crippen molar-refractivity contribution < 1.29 is 14.3 Å². The first kappa shape index (κ1) is 15.5. The van der Waals surface area contributed by atoms with Gasteiger partial charge >= 0.3 is 5.97 Å². The molecule has 9 nitrogen and oxygen atoms in total. The average molecular weight is 320 g/mol. The van der Waals surface area contributed by atoms with Gasteiger partial charge in [0.25, 0.3) is 0 Å². The third-order valence-electron chi connectivity index (χ3n) is 3.47. The first-order valence-corrected chi connectivity index (χ1v) is 7.33. The minimum Gasteiger partial charge on any atom is -0.454 e. The van der Waals surface area contributed by atoms with E-state index in [4.69, 9.17) is 20.9 Å². The van der Waals surface area contributed by atoms with Crippen LogP contribution in [0.5, 0.6) is 0 Å². The normalized spacial score (nSPS) is 18.9. The van der Waals surface area contributed by atoms with Gasteiger partial charge in [-0.3, -0.25) is 4.57 Å². The molecule has 1 fully saturated rings. The number of nitrogens with two attached hydrogens (primary N) is 2. The van der Waals surface area contributed by atoms with Gasteiger partial charge in [-0.2, -0.15) is 9.97 Å². The number of carbonyl (C=O) groups is 1. The minimum absolute atomic E-state index is 0.00833. The van der Waals surface area contributed by atoms with Crippen LogP contribution < -0.4 is 11.5 Å². The van der Waals surface area contributed by atoms with Crippen molar-refractivity contribution in [3.63, 3.8) is 0 Å². The van der Waals surface area contributed by atoms with E-state index in [9.17, 15) is 4.79 Å². The Morgan fingerprint density at radius 3 is 2.57 bits per heavy atom. The van der Waals surface area contributed by atoms with Gasteiger partial charge in [-0.1, -0.05) is 0 Å². The summed E-state index contributed by atoms with van der Waals surface area (Å²) in [7, 11) is 0. The molecule has 1 saturated heterocycles. The molecule has 4 N–H and O–H groups in total. The number of nitrogen functional groups attached to an aromatic ring is 2. The van der Waals surface area contributed by atoms with E-state index in [2.05, 4.69) is 15.0 Å². The van der Waals surface area contributed by atoms with Crippen LogP contribution in [0.3, 0.4) is 0 Å². The second-order valence-electron chi connectivity index (χ2n) is 6.56. The van der Waals surface area contributed by atoms with Crippen LogP contribution >= 0.6 is 0 Å². The zero-order valence-electron chi connectivity index (χ0n) is 13.5. The molecule has 124 valence electrons. The highest BCUT2D eigenvalue weighted by Gasteiger charge is 2.36. The highest BCUT2D eigenvalue weighted by Crippen LogP contribution is 2.31. The van der Waals surface area contributed by atoms with Crippen LogP contribution in [0.2, 0.25) is 0 Å². The van der Waals surface area contributed by atoms with Gasteiger partial charge in [-0.05, 0) is 27.7 Å². The van der Waals surface area contributed by atoms with Crippen LogP contribution in [0, 0.1) is 0 Å². The second kappa shape index (κ2) is 5.05. The van der Waals surface area contributed by atoms with Crippen molar-refractivity contribution in [1.82, 2.24) is 19.5 Å². The fourth-order valence-corrected chi connectivity index (χ4v) is 2.37. The van der Waals surface area contributed by atoms with Crippen LogP contribution in [0.4, 0.5) is 11.8 Å². The summed E-state index contributed by atoms with van der Waals surface area (Å²) in [5.41, 5.74) is 11.6. The number of anilines is 2. The molecule has 0 aliphatic carbocycles. The van der Waals surface area contributed by atoms with Crippen molar-refractivity contribution in [3.05, 3.63) is 5.82 Å². The molecule has 0 bridgehead atoms. The minimum atomic E-state index is -0.643. The van der Waals surface area contributed by atoms with Crippen molar-refractivity contribution in [2.45, 2.75) is 45.4 Å². The first-order valence-electron chi connectivity index (χ1n) is 7.33. The maximum atomic E-state index is 12.5. The predicted octanol–water partition coefficient (Wildman–Crippen LogP) is 0.906. The molecule has 0 aromatic carbocycles. The quantitative estimate of drug-likeness (QED) is 0.629. The number of hydrogen-bond acceptors (Lipinski definition) is 8. The van der Waals surface area contributed by atoms with Crippen LogP contribution in [0.15, 0.2) is 0 Å². The van der Waals surface area contributed by atoms with Gasteiger partial charge in [0.15, 0.2) is 17.0 Å². The third kappa shape index (κ3) is 2.91. The number of epoxide rings is 1. The number of aromatic nitrogens is 4. The highest BCUT2D eigenvalue weighted by molar-refractivity contribution is 5.93. The summed E-state index contributed by atoms with van der Waals surface area (Å²) in [6, 6.07) is -0.156. The number of fused-ring (bicyclic) bond motifs is 1. The smallest absolute Gasteiger partial charge is 0.375 e. The average Bonchev–Trinajstić information content (AvgIpc) is 3.17. The lowest BCUT2D eigenvalue weighted by Crippen LogP contribution is -2.27. The van der Waals surface area contributed by atoms with Gasteiger partial charge in [0, 0.05) is 0 Å². The zero-order chi connectivity index (χ0) is 16.9. The van der Waals surface area contributed by atoms with E-state index >= 15 is 0 Å². The Morgan fingerprint density at radius 1 is 1.35 bits per heavy atom. The zero-order valence-corrected chi connectivity index (χ0v) is 13.5. The van der Waals surface area contributed by atoms with Crippen LogP contribution in [-0.2, 0) is 9.47 Å². The molecule has 9 heteroatoms. The summed E-state index contributed by atoms with van der Waals surface area (Å²) in [6.45, 7) is 7.90. The maximum absolute atomic E-state index is 12.5. The number of ether oxygens (including phenoxy) is 2. The SMILES string of the molecule is CC([C@@H]1CO1)n1c(C(=O)OC(C)(C)C)nc2c(N)nc(N)nc21. The van der Waals surface area contributed by atoms with Gasteiger partial charge in [-0.15, -0.1) is 0 Å². The standard InChI is InChI=1S/C14H20N6O3/c1-6(7-5-22-7)20-10-8(9(15)18-13(16)19-10)17-11(20)12(21)23-14(2,3)4/h6-7H,5H2,1-4H3,(H4,15,16,18,19)/t6?,7-/m0/s1. The predicted molar refractivity (Wildman–Crippen MR) is 83.8 cm³/mol. The van der Waals surface area contributed by atoms with Crippen LogP contribution in [0.25, 0.3) is 11.2 Å². The summed E-state index contributed by atoms with van der Waals surface area (Å²) in [5, 5.41) is 0. The lowest BCUT2D eigenvalue weighted by molar-refractivity contribution is 0.00487. The van der Waals surface area contributed by atoms with Crippen molar-refractivity contribution in [2.24, 2.45) is 0 Å². The molecule has 0 amide bonds. The molecule has 3 rings (SSSR count). The fraction of sp³-hybridized carbons (Fsp3) is 0.571. The summed E-state index contributed by atoms with van der Waals surface area (Å²) in [5.74, 6) is -0.290. The monoisotopic (exact) mass is 320 g/mol. The molecule has 1 aliphatic heterocycles. The molecule has 2 atom stereocenters. The van der Waals surface area contributed by atoms with E-state index in [0.29, 0.717) is 17.8 Å². The number of hydrogen-bond donors (Lipinski definition) is 2. The molecule has 23 heavy (non-hydrogen) atoms. The number of carbonyl (C=O) groups excluding carboxylic acids is 1. The van der Waals surface area contributed by atoms with Gasteiger partial charge in [0.05, 0.1) is 12.6 Å². The van der Waals surface area contributed by atoms with Crippen LogP contribution in [0.1, 0.15) is 44.4 Å². The summed E-state index contributed by atoms with van der Waals surface area (Å²) in [4.78, 5) is 24.9. The molecule has 3 heterocycles. The van der Waals surface area contributed by atoms with Crippen molar-refractivity contribution in [1.29, 1.82) is 0 Å². The van der Waals surface area contributed by atoms with E-state index in [0.717, 1.165) is 0 Å². The molecule has 0 spiro atoms. The van der Waals surface area contributed by atoms with Gasteiger partial charge in [0.1, 0.15) is 11.7 Å². The summed E-state index contributed by atoms with van der Waals surface area (Å²) in [6.07, 6.45) is -0.00833. The third-order valence-corrected chi connectivity index (χ3v) is 3.47. The van der Waals surface area contributed by atoms with Crippen LogP contribution in [-0.4, -0.2) is 43.8 Å². The van der Waals surface area contributed by atoms with E-state index in [-0.39, 0.29) is 29.7 Å². The molecule has 2 aromatic rings. The first-order chi connectivity index (χ1) is 10.7. The molecule has 1 unspecified atom stereocenters. The molecule has 2 aromatic heterocycles. The van der Waals surface area contributed by atoms with E-state index in [1.54, 1.807) is 25.3 Å². The van der Waals surface area contributed by atoms with Gasteiger partial charge < -0.3 is 20.9 Å².